The Kier molecular flexibility index (Phi) is 11.5. The van der Waals surface area contributed by atoms with Gasteiger partial charge in [0.2, 0.25) is 0 Å². The molecule has 0 saturated heterocycles. The molecule has 5 aliphatic carbocycles. The van der Waals surface area contributed by atoms with Crippen molar-refractivity contribution in [1.29, 1.82) is 0 Å². The second-order valence-electron chi connectivity index (χ2n) is 13.8. The Labute approximate surface area is 302 Å². The van der Waals surface area contributed by atoms with Crippen LogP contribution in [0.2, 0.25) is 0 Å². The number of hydrogen-bond acceptors (Lipinski definition) is 0. The first-order chi connectivity index (χ1) is 21.5. The van der Waals surface area contributed by atoms with Crippen LogP contribution < -0.4 is 24.8 Å². The molecule has 5 aromatic rings. The van der Waals surface area contributed by atoms with E-state index in [9.17, 15) is 0 Å². The minimum Gasteiger partial charge on any atom is -0.126 e. The van der Waals surface area contributed by atoms with Crippen LogP contribution in [0.25, 0.3) is 21.5 Å². The van der Waals surface area contributed by atoms with Crippen molar-refractivity contribution in [3.8, 4) is 0 Å². The van der Waals surface area contributed by atoms with E-state index in [4.69, 9.17) is 0 Å². The summed E-state index contributed by atoms with van der Waals surface area (Å²) in [7, 11) is 0. The third-order valence-electron chi connectivity index (χ3n) is 10.5. The first-order valence-electron chi connectivity index (χ1n) is 16.5. The van der Waals surface area contributed by atoms with E-state index in [1.165, 1.54) is 79.4 Å². The number of fused-ring (bicyclic) bond motifs is 3. The summed E-state index contributed by atoms with van der Waals surface area (Å²) < 4.78 is 1.42. The molecular weight excluding hydrogens is 679 g/mol. The molecule has 1 atom stereocenters. The molecule has 4 saturated carbocycles. The van der Waals surface area contributed by atoms with Gasteiger partial charge in [-0.25, -0.2) is 11.1 Å². The summed E-state index contributed by atoms with van der Waals surface area (Å²) in [6.45, 7) is 4.61. The predicted molar refractivity (Wildman–Crippen MR) is 183 cm³/mol. The van der Waals surface area contributed by atoms with Gasteiger partial charge in [0.25, 0.3) is 0 Å². The van der Waals surface area contributed by atoms with Crippen molar-refractivity contribution >= 4 is 24.8 Å². The molecule has 0 radical (unpaired) electrons. The molecule has 0 aliphatic heterocycles. The predicted octanol–water partition coefficient (Wildman–Crippen LogP) is 5.05. The molecule has 0 amide bonds. The molecule has 46 heavy (non-hydrogen) atoms. The zero-order chi connectivity index (χ0) is 30.1. The monoisotopic (exact) mass is 718 g/mol. The molecule has 4 bridgehead atoms. The van der Waals surface area contributed by atoms with Gasteiger partial charge in [-0.05, 0) is 61.7 Å². The van der Waals surface area contributed by atoms with Gasteiger partial charge >= 0.3 is 99.2 Å². The number of allylic oxidation sites excluding steroid dienone is 4. The molecule has 5 aliphatic rings. The molecule has 3 heteroatoms. The van der Waals surface area contributed by atoms with Crippen LogP contribution in [0.5, 0.6) is 0 Å². The molecule has 0 spiro atoms. The van der Waals surface area contributed by atoms with Crippen molar-refractivity contribution in [1.82, 2.24) is 0 Å². The van der Waals surface area contributed by atoms with Gasteiger partial charge in [0.15, 0.2) is 0 Å². The molecule has 0 nitrogen and oxygen atoms in total. The van der Waals surface area contributed by atoms with Gasteiger partial charge in [-0.15, -0.1) is 46.7 Å². The fourth-order valence-electron chi connectivity index (χ4n) is 9.11. The Morgan fingerprint density at radius 1 is 0.652 bits per heavy atom. The SMILES string of the molecule is CC1=CC(C)[C-]=C1C12CC3CC(CC(C3)C1)C2.[Cl-].[Cl-].[Zr+2]=[C](c1ccccc1)c1ccccc1.c1ccc2c(c1)[cH-]c1ccccc12. The average Bonchev–Trinajstić information content (AvgIpc) is 3.60. The van der Waals surface area contributed by atoms with Crippen LogP contribution in [-0.2, 0) is 24.2 Å². The van der Waals surface area contributed by atoms with Crippen molar-refractivity contribution in [2.24, 2.45) is 29.1 Å². The van der Waals surface area contributed by atoms with Gasteiger partial charge in [-0.3, -0.25) is 6.08 Å². The van der Waals surface area contributed by atoms with E-state index in [1.54, 1.807) is 30.4 Å². The van der Waals surface area contributed by atoms with Crippen molar-refractivity contribution in [2.75, 3.05) is 0 Å². The van der Waals surface area contributed by atoms with Crippen molar-refractivity contribution in [3.05, 3.63) is 150 Å². The van der Waals surface area contributed by atoms with E-state index < -0.39 is 0 Å². The summed E-state index contributed by atoms with van der Waals surface area (Å²) in [6.07, 6.45) is 15.3. The molecule has 10 rings (SSSR count). The largest absolute Gasteiger partial charge is 0.126 e. The third-order valence-corrected chi connectivity index (χ3v) is 11.9. The summed E-state index contributed by atoms with van der Waals surface area (Å²) in [5.74, 6) is 3.73. The Hall–Kier alpha value is -2.44. The summed E-state index contributed by atoms with van der Waals surface area (Å²) in [6, 6.07) is 40.4. The molecule has 0 heterocycles. The van der Waals surface area contributed by atoms with E-state index in [-0.39, 0.29) is 24.8 Å². The number of benzene rings is 4. The fourth-order valence-corrected chi connectivity index (χ4v) is 9.93. The van der Waals surface area contributed by atoms with Crippen molar-refractivity contribution < 1.29 is 49.0 Å². The maximum Gasteiger partial charge on any atom is -0.0771 e. The molecule has 0 N–H and O–H groups in total. The van der Waals surface area contributed by atoms with Gasteiger partial charge in [0, 0.05) is 0 Å². The average molecular weight is 721 g/mol. The summed E-state index contributed by atoms with van der Waals surface area (Å²) >= 11 is 1.46. The van der Waals surface area contributed by atoms with Crippen LogP contribution in [0.3, 0.4) is 0 Å². The standard InChI is InChI=1S/C17H23.C13H9.C13H10.2ClH.Zr/c1-11-3-12(2)16(4-11)17-8-13-5-14(9-17)7-15(6-13)10-17;1-3-7-12-10(5-1)9-11-6-2-4-8-13(11)12;1-3-7-12(8-4-1)11-13-9-5-2-6-10-13;;;/h3,11,13-15H,5-10H2,1-2H3;1-9H;1-10H;2*1H;/q2*-1;;;;+2/p-2. The van der Waals surface area contributed by atoms with Gasteiger partial charge < -0.3 is 24.8 Å². The van der Waals surface area contributed by atoms with Crippen molar-refractivity contribution in [2.45, 2.75) is 52.4 Å². The second-order valence-corrected chi connectivity index (χ2v) is 15.0. The zero-order valence-corrected chi connectivity index (χ0v) is 30.8. The summed E-state index contributed by atoms with van der Waals surface area (Å²) in [5, 5.41) is 5.39. The van der Waals surface area contributed by atoms with Crippen LogP contribution in [0, 0.1) is 35.2 Å². The van der Waals surface area contributed by atoms with E-state index in [2.05, 4.69) is 141 Å². The van der Waals surface area contributed by atoms with E-state index in [1.807, 2.05) is 0 Å². The van der Waals surface area contributed by atoms with E-state index in [0.717, 1.165) is 17.8 Å². The minimum atomic E-state index is 0. The fraction of sp³-hybridized carbons (Fsp3) is 0.302. The summed E-state index contributed by atoms with van der Waals surface area (Å²) in [5.41, 5.74) is 6.43. The molecule has 5 aromatic carbocycles. The number of hydrogen-bond donors (Lipinski definition) is 0. The maximum atomic E-state index is 3.78. The smallest absolute Gasteiger partial charge is 0.0771 e. The molecule has 4 fully saturated rings. The van der Waals surface area contributed by atoms with Gasteiger partial charge in [-0.2, -0.15) is 6.08 Å². The quantitative estimate of drug-likeness (QED) is 0.229. The molecular formula is C43H42Cl2Zr-2. The van der Waals surface area contributed by atoms with Gasteiger partial charge in [-0.1, -0.05) is 49.2 Å². The Balaban J connectivity index is 0.000000134. The van der Waals surface area contributed by atoms with E-state index in [0.29, 0.717) is 11.3 Å². The Bertz CT molecular complexity index is 1700. The normalized spacial score (nSPS) is 25.2. The Morgan fingerprint density at radius 2 is 1.07 bits per heavy atom. The third kappa shape index (κ3) is 7.33. The summed E-state index contributed by atoms with van der Waals surface area (Å²) in [4.78, 5) is 0. The zero-order valence-electron chi connectivity index (χ0n) is 26.9. The second kappa shape index (κ2) is 15.2. The molecule has 234 valence electrons. The minimum absolute atomic E-state index is 0. The number of rotatable bonds is 3. The van der Waals surface area contributed by atoms with Crippen molar-refractivity contribution in [3.63, 3.8) is 0 Å². The van der Waals surface area contributed by atoms with Gasteiger partial charge in [0.05, 0.1) is 0 Å². The first-order valence-corrected chi connectivity index (χ1v) is 17.8. The van der Waals surface area contributed by atoms with Crippen LogP contribution in [0.4, 0.5) is 0 Å². The maximum absolute atomic E-state index is 3.78. The van der Waals surface area contributed by atoms with Crippen LogP contribution in [-0.4, -0.2) is 3.21 Å². The van der Waals surface area contributed by atoms with E-state index >= 15 is 0 Å². The van der Waals surface area contributed by atoms with Gasteiger partial charge in [0.1, 0.15) is 0 Å². The molecule has 0 aromatic heterocycles. The molecule has 1 unspecified atom stereocenters. The van der Waals surface area contributed by atoms with Crippen LogP contribution in [0.15, 0.2) is 132 Å². The van der Waals surface area contributed by atoms with Crippen LogP contribution in [0.1, 0.15) is 63.5 Å². The number of halogens is 2. The topological polar surface area (TPSA) is 0 Å². The Morgan fingerprint density at radius 3 is 1.48 bits per heavy atom. The first kappa shape index (κ1) is 34.9. The van der Waals surface area contributed by atoms with Crippen LogP contribution >= 0.6 is 0 Å².